The van der Waals surface area contributed by atoms with E-state index in [1.54, 1.807) is 6.07 Å². The molecule has 2 heterocycles. The summed E-state index contributed by atoms with van der Waals surface area (Å²) in [5.74, 6) is 0.577. The molecule has 4 nitrogen and oxygen atoms in total. The van der Waals surface area contributed by atoms with Gasteiger partial charge in [-0.2, -0.15) is 0 Å². The highest BCUT2D eigenvalue weighted by Crippen LogP contribution is 2.26. The number of ether oxygens (including phenoxy) is 2. The van der Waals surface area contributed by atoms with Crippen molar-refractivity contribution >= 4 is 16.7 Å². The summed E-state index contributed by atoms with van der Waals surface area (Å²) in [7, 11) is 0. The van der Waals surface area contributed by atoms with E-state index in [-0.39, 0.29) is 11.9 Å². The van der Waals surface area contributed by atoms with Crippen molar-refractivity contribution in [1.82, 2.24) is 4.98 Å². The van der Waals surface area contributed by atoms with Crippen LogP contribution in [0.2, 0.25) is 0 Å². The van der Waals surface area contributed by atoms with Gasteiger partial charge in [-0.1, -0.05) is 24.3 Å². The molecule has 0 amide bonds. The lowest BCUT2D eigenvalue weighted by Crippen LogP contribution is -2.09. The fourth-order valence-electron chi connectivity index (χ4n) is 2.56. The standard InChI is InChI=1S/C18H15NO3/c20-18(14-5-3-6-16-13(14)8-9-19-16)15-4-1-2-7-17(15)22-11-12-10-21-12/h1-9,12,19H,10-11H2. The molecular formula is C18H15NO3. The van der Waals surface area contributed by atoms with Crippen LogP contribution in [0.15, 0.2) is 54.7 Å². The monoisotopic (exact) mass is 293 g/mol. The van der Waals surface area contributed by atoms with Crippen molar-refractivity contribution < 1.29 is 14.3 Å². The quantitative estimate of drug-likeness (QED) is 0.580. The van der Waals surface area contributed by atoms with Crippen LogP contribution in [0.5, 0.6) is 5.75 Å². The molecule has 0 saturated carbocycles. The van der Waals surface area contributed by atoms with E-state index in [9.17, 15) is 4.79 Å². The second kappa shape index (κ2) is 5.31. The molecule has 1 aromatic heterocycles. The van der Waals surface area contributed by atoms with Crippen LogP contribution in [0, 0.1) is 0 Å². The molecule has 4 heteroatoms. The van der Waals surface area contributed by atoms with Crippen LogP contribution < -0.4 is 4.74 Å². The van der Waals surface area contributed by atoms with E-state index in [0.29, 0.717) is 23.5 Å². The van der Waals surface area contributed by atoms with Gasteiger partial charge in [0.1, 0.15) is 18.5 Å². The largest absolute Gasteiger partial charge is 0.490 e. The molecule has 4 rings (SSSR count). The molecule has 2 aromatic carbocycles. The van der Waals surface area contributed by atoms with Gasteiger partial charge in [0, 0.05) is 22.7 Å². The minimum absolute atomic E-state index is 0.0301. The van der Waals surface area contributed by atoms with E-state index >= 15 is 0 Å². The maximum Gasteiger partial charge on any atom is 0.197 e. The molecule has 1 unspecified atom stereocenters. The summed E-state index contributed by atoms with van der Waals surface area (Å²) in [5, 5.41) is 0.924. The Labute approximate surface area is 127 Å². The highest BCUT2D eigenvalue weighted by atomic mass is 16.6. The first-order valence-corrected chi connectivity index (χ1v) is 7.27. The van der Waals surface area contributed by atoms with E-state index in [4.69, 9.17) is 9.47 Å². The van der Waals surface area contributed by atoms with Crippen molar-refractivity contribution in [3.8, 4) is 5.75 Å². The molecular weight excluding hydrogens is 278 g/mol. The maximum atomic E-state index is 12.9. The van der Waals surface area contributed by atoms with Gasteiger partial charge in [-0.3, -0.25) is 4.79 Å². The number of hydrogen-bond acceptors (Lipinski definition) is 3. The van der Waals surface area contributed by atoms with Gasteiger partial charge < -0.3 is 14.5 Å². The van der Waals surface area contributed by atoms with Crippen LogP contribution in [-0.4, -0.2) is 30.1 Å². The Bertz CT molecular complexity index is 833. The molecule has 0 bridgehead atoms. The third-order valence-electron chi connectivity index (χ3n) is 3.80. The van der Waals surface area contributed by atoms with Gasteiger partial charge in [0.15, 0.2) is 5.78 Å². The lowest BCUT2D eigenvalue weighted by molar-refractivity contribution is 0.103. The van der Waals surface area contributed by atoms with Crippen molar-refractivity contribution in [2.45, 2.75) is 6.10 Å². The van der Waals surface area contributed by atoms with Crippen molar-refractivity contribution in [2.75, 3.05) is 13.2 Å². The van der Waals surface area contributed by atoms with Crippen LogP contribution in [0.3, 0.4) is 0 Å². The highest BCUT2D eigenvalue weighted by Gasteiger charge is 2.24. The number of para-hydroxylation sites is 1. The molecule has 1 fully saturated rings. The van der Waals surface area contributed by atoms with Gasteiger partial charge in [0.05, 0.1) is 12.2 Å². The SMILES string of the molecule is O=C(c1ccccc1OCC1CO1)c1cccc2[nH]ccc12. The number of nitrogens with one attached hydrogen (secondary N) is 1. The maximum absolute atomic E-state index is 12.9. The molecule has 1 aliphatic rings. The zero-order chi connectivity index (χ0) is 14.9. The number of fused-ring (bicyclic) bond motifs is 1. The van der Waals surface area contributed by atoms with Gasteiger partial charge in [-0.15, -0.1) is 0 Å². The number of H-pyrrole nitrogens is 1. The third-order valence-corrected chi connectivity index (χ3v) is 3.80. The van der Waals surface area contributed by atoms with Gasteiger partial charge in [0.25, 0.3) is 0 Å². The van der Waals surface area contributed by atoms with Crippen molar-refractivity contribution in [3.05, 3.63) is 65.9 Å². The predicted molar refractivity (Wildman–Crippen MR) is 83.4 cm³/mol. The fourth-order valence-corrected chi connectivity index (χ4v) is 2.56. The zero-order valence-electron chi connectivity index (χ0n) is 11.9. The summed E-state index contributed by atoms with van der Waals surface area (Å²) >= 11 is 0. The van der Waals surface area contributed by atoms with Gasteiger partial charge in [0.2, 0.25) is 0 Å². The lowest BCUT2D eigenvalue weighted by Gasteiger charge is -2.10. The van der Waals surface area contributed by atoms with Crippen molar-refractivity contribution in [1.29, 1.82) is 0 Å². The second-order valence-electron chi connectivity index (χ2n) is 5.34. The normalized spacial score (nSPS) is 16.6. The fraction of sp³-hybridized carbons (Fsp3) is 0.167. The molecule has 0 spiro atoms. The molecule has 3 aromatic rings. The van der Waals surface area contributed by atoms with Crippen LogP contribution in [-0.2, 0) is 4.74 Å². The third kappa shape index (κ3) is 2.38. The van der Waals surface area contributed by atoms with Crippen molar-refractivity contribution in [3.63, 3.8) is 0 Å². The smallest absolute Gasteiger partial charge is 0.197 e. The number of aromatic nitrogens is 1. The number of hydrogen-bond donors (Lipinski definition) is 1. The Hall–Kier alpha value is -2.59. The average Bonchev–Trinajstić information content (AvgIpc) is 3.26. The molecule has 1 atom stereocenters. The molecule has 1 saturated heterocycles. The van der Waals surface area contributed by atoms with Gasteiger partial charge in [-0.25, -0.2) is 0 Å². The van der Waals surface area contributed by atoms with Gasteiger partial charge >= 0.3 is 0 Å². The second-order valence-corrected chi connectivity index (χ2v) is 5.34. The molecule has 110 valence electrons. The average molecular weight is 293 g/mol. The van der Waals surface area contributed by atoms with E-state index in [2.05, 4.69) is 4.98 Å². The summed E-state index contributed by atoms with van der Waals surface area (Å²) in [6.45, 7) is 1.22. The zero-order valence-corrected chi connectivity index (χ0v) is 11.9. The topological polar surface area (TPSA) is 54.6 Å². The number of rotatable bonds is 5. The highest BCUT2D eigenvalue weighted by molar-refractivity contribution is 6.17. The molecule has 22 heavy (non-hydrogen) atoms. The van der Waals surface area contributed by atoms with Gasteiger partial charge in [-0.05, 0) is 24.3 Å². The Balaban J connectivity index is 1.71. The summed E-state index contributed by atoms with van der Waals surface area (Å²) in [6, 6.07) is 15.0. The van der Waals surface area contributed by atoms with E-state index in [0.717, 1.165) is 17.5 Å². The van der Waals surface area contributed by atoms with E-state index in [1.807, 2.05) is 48.7 Å². The van der Waals surface area contributed by atoms with Crippen LogP contribution in [0.1, 0.15) is 15.9 Å². The predicted octanol–water partition coefficient (Wildman–Crippen LogP) is 3.18. The molecule has 0 radical (unpaired) electrons. The Morgan fingerprint density at radius 2 is 1.95 bits per heavy atom. The number of benzene rings is 2. The number of ketones is 1. The van der Waals surface area contributed by atoms with Crippen LogP contribution in [0.25, 0.3) is 10.9 Å². The lowest BCUT2D eigenvalue weighted by atomic mass is 9.99. The first-order chi connectivity index (χ1) is 10.8. The number of epoxide rings is 1. The summed E-state index contributed by atoms with van der Waals surface area (Å²) in [4.78, 5) is 16.0. The summed E-state index contributed by atoms with van der Waals surface area (Å²) in [6.07, 6.45) is 2.00. The van der Waals surface area contributed by atoms with Crippen LogP contribution in [0.4, 0.5) is 0 Å². The molecule has 1 N–H and O–H groups in total. The summed E-state index contributed by atoms with van der Waals surface area (Å²) in [5.41, 5.74) is 2.21. The van der Waals surface area contributed by atoms with E-state index < -0.39 is 0 Å². The Morgan fingerprint density at radius 3 is 2.82 bits per heavy atom. The number of aromatic amines is 1. The van der Waals surface area contributed by atoms with Crippen molar-refractivity contribution in [2.24, 2.45) is 0 Å². The Kier molecular flexibility index (Phi) is 3.16. The molecule has 1 aliphatic heterocycles. The molecule has 0 aliphatic carbocycles. The first kappa shape index (κ1) is 13.1. The first-order valence-electron chi connectivity index (χ1n) is 7.27. The van der Waals surface area contributed by atoms with E-state index in [1.165, 1.54) is 0 Å². The minimum Gasteiger partial charge on any atom is -0.490 e. The number of carbonyl (C=O) groups is 1. The Morgan fingerprint density at radius 1 is 1.14 bits per heavy atom. The minimum atomic E-state index is -0.0301. The van der Waals surface area contributed by atoms with Crippen LogP contribution >= 0.6 is 0 Å². The summed E-state index contributed by atoms with van der Waals surface area (Å²) < 4.78 is 10.9. The number of carbonyl (C=O) groups excluding carboxylic acids is 1.